The first-order valence-electron chi connectivity index (χ1n) is 10.8. The molecule has 2 N–H and O–H groups in total. The van der Waals surface area contributed by atoms with E-state index >= 15 is 0 Å². The van der Waals surface area contributed by atoms with Crippen molar-refractivity contribution in [3.8, 4) is 5.88 Å². The first-order valence-corrected chi connectivity index (χ1v) is 10.8. The number of aromatic nitrogens is 4. The molecule has 1 saturated carbocycles. The lowest BCUT2D eigenvalue weighted by Gasteiger charge is -2.29. The number of rotatable bonds is 5. The number of hydrogen-bond acceptors (Lipinski definition) is 7. The van der Waals surface area contributed by atoms with E-state index < -0.39 is 0 Å². The Labute approximate surface area is 176 Å². The first kappa shape index (κ1) is 19.1. The molecule has 1 aromatic carbocycles. The first-order chi connectivity index (χ1) is 14.8. The number of H-pyrrole nitrogens is 1. The topological polar surface area (TPSA) is 88.2 Å². The van der Waals surface area contributed by atoms with Gasteiger partial charge in [0.15, 0.2) is 11.2 Å². The number of ether oxygens (including phenoxy) is 2. The van der Waals surface area contributed by atoms with Crippen molar-refractivity contribution in [1.29, 1.82) is 0 Å². The molecule has 3 aromatic rings. The van der Waals surface area contributed by atoms with Crippen LogP contribution in [0.2, 0.25) is 0 Å². The molecule has 0 spiro atoms. The van der Waals surface area contributed by atoms with Crippen LogP contribution in [0.4, 0.5) is 17.3 Å². The van der Waals surface area contributed by atoms with Crippen molar-refractivity contribution in [2.24, 2.45) is 0 Å². The van der Waals surface area contributed by atoms with E-state index in [-0.39, 0.29) is 6.10 Å². The highest BCUT2D eigenvalue weighted by Gasteiger charge is 2.20. The third-order valence-electron chi connectivity index (χ3n) is 5.91. The van der Waals surface area contributed by atoms with Gasteiger partial charge in [-0.3, -0.25) is 0 Å². The van der Waals surface area contributed by atoms with Crippen molar-refractivity contribution in [2.45, 2.75) is 45.1 Å². The summed E-state index contributed by atoms with van der Waals surface area (Å²) in [6.07, 6.45) is 7.68. The molecule has 2 aromatic heterocycles. The highest BCUT2D eigenvalue weighted by molar-refractivity contribution is 5.78. The van der Waals surface area contributed by atoms with Crippen molar-refractivity contribution < 1.29 is 9.47 Å². The molecule has 158 valence electrons. The molecule has 3 heterocycles. The highest BCUT2D eigenvalue weighted by Crippen LogP contribution is 2.29. The predicted molar refractivity (Wildman–Crippen MR) is 117 cm³/mol. The van der Waals surface area contributed by atoms with E-state index in [0.717, 1.165) is 50.4 Å². The Bertz CT molecular complexity index is 1010. The van der Waals surface area contributed by atoms with E-state index in [1.54, 1.807) is 6.33 Å². The molecule has 5 rings (SSSR count). The number of benzene rings is 1. The van der Waals surface area contributed by atoms with Gasteiger partial charge in [0.2, 0.25) is 11.8 Å². The van der Waals surface area contributed by atoms with Crippen molar-refractivity contribution in [3.05, 3.63) is 30.1 Å². The third kappa shape index (κ3) is 4.05. The normalized spacial score (nSPS) is 18.0. The molecule has 0 bridgehead atoms. The molecule has 1 aliphatic heterocycles. The van der Waals surface area contributed by atoms with E-state index in [0.29, 0.717) is 23.0 Å². The number of imidazole rings is 1. The lowest BCUT2D eigenvalue weighted by molar-refractivity contribution is 0.122. The minimum absolute atomic E-state index is 0.205. The summed E-state index contributed by atoms with van der Waals surface area (Å²) in [5, 5.41) is 3.37. The van der Waals surface area contributed by atoms with Crippen LogP contribution < -0.4 is 15.0 Å². The summed E-state index contributed by atoms with van der Waals surface area (Å²) >= 11 is 0. The maximum atomic E-state index is 6.24. The number of morpholine rings is 1. The van der Waals surface area contributed by atoms with Crippen molar-refractivity contribution in [2.75, 3.05) is 36.5 Å². The van der Waals surface area contributed by atoms with Crippen molar-refractivity contribution in [1.82, 2.24) is 19.9 Å². The molecular formula is C22H28N6O2. The number of anilines is 3. The molecule has 0 atom stereocenters. The minimum atomic E-state index is 0.205. The van der Waals surface area contributed by atoms with Gasteiger partial charge in [-0.1, -0.05) is 6.42 Å². The molecule has 0 radical (unpaired) electrons. The lowest BCUT2D eigenvalue weighted by atomic mass is 9.98. The second-order valence-corrected chi connectivity index (χ2v) is 8.05. The maximum Gasteiger partial charge on any atom is 0.247 e. The van der Waals surface area contributed by atoms with Crippen molar-refractivity contribution >= 4 is 28.5 Å². The molecule has 2 fully saturated rings. The van der Waals surface area contributed by atoms with Crippen molar-refractivity contribution in [3.63, 3.8) is 0 Å². The fourth-order valence-electron chi connectivity index (χ4n) is 4.21. The number of nitrogens with zero attached hydrogens (tertiary/aromatic N) is 4. The van der Waals surface area contributed by atoms with Crippen LogP contribution in [0.1, 0.15) is 37.7 Å². The zero-order valence-electron chi connectivity index (χ0n) is 17.4. The zero-order valence-corrected chi connectivity index (χ0v) is 17.4. The fraction of sp³-hybridized carbons (Fsp3) is 0.500. The molecule has 0 unspecified atom stereocenters. The quantitative estimate of drug-likeness (QED) is 0.661. The Morgan fingerprint density at radius 2 is 1.97 bits per heavy atom. The van der Waals surface area contributed by atoms with Gasteiger partial charge >= 0.3 is 0 Å². The van der Waals surface area contributed by atoms with Gasteiger partial charge < -0.3 is 24.7 Å². The summed E-state index contributed by atoms with van der Waals surface area (Å²) in [7, 11) is 0. The number of hydrogen-bond donors (Lipinski definition) is 2. The van der Waals surface area contributed by atoms with Crippen LogP contribution in [0.3, 0.4) is 0 Å². The molecule has 8 nitrogen and oxygen atoms in total. The second kappa shape index (κ2) is 8.47. The Hall–Kier alpha value is -2.87. The van der Waals surface area contributed by atoms with Crippen LogP contribution in [0, 0.1) is 6.92 Å². The van der Waals surface area contributed by atoms with Gasteiger partial charge in [-0.05, 0) is 56.4 Å². The molecule has 1 saturated heterocycles. The van der Waals surface area contributed by atoms with Gasteiger partial charge in [-0.2, -0.15) is 9.97 Å². The highest BCUT2D eigenvalue weighted by atomic mass is 16.5. The van der Waals surface area contributed by atoms with Crippen LogP contribution in [0.5, 0.6) is 5.88 Å². The number of aromatic amines is 1. The van der Waals surface area contributed by atoms with Gasteiger partial charge in [0, 0.05) is 24.5 Å². The standard InChI is InChI=1S/C22H28N6O2/c1-15-13-16(28-9-11-29-12-10-28)7-8-18(15)25-22-26-20-19(23-14-24-20)21(27-22)30-17-5-3-2-4-6-17/h7-8,13-14,17H,2-6,9-12H2,1H3,(H2,23,24,25,26,27). The van der Waals surface area contributed by atoms with Crippen LogP contribution in [0.25, 0.3) is 11.2 Å². The monoisotopic (exact) mass is 408 g/mol. The predicted octanol–water partition coefficient (Wildman–Crippen LogP) is 3.95. The van der Waals surface area contributed by atoms with E-state index in [2.05, 4.69) is 55.3 Å². The number of aryl methyl sites for hydroxylation is 1. The summed E-state index contributed by atoms with van der Waals surface area (Å²) in [5.74, 6) is 1.07. The summed E-state index contributed by atoms with van der Waals surface area (Å²) in [4.78, 5) is 19.1. The van der Waals surface area contributed by atoms with Crippen LogP contribution in [-0.4, -0.2) is 52.3 Å². The van der Waals surface area contributed by atoms with Gasteiger partial charge in [0.1, 0.15) is 6.10 Å². The van der Waals surface area contributed by atoms with Gasteiger partial charge in [-0.25, -0.2) is 4.98 Å². The summed E-state index contributed by atoms with van der Waals surface area (Å²) in [6, 6.07) is 6.42. The van der Waals surface area contributed by atoms with Gasteiger partial charge in [0.05, 0.1) is 19.5 Å². The van der Waals surface area contributed by atoms with Crippen LogP contribution >= 0.6 is 0 Å². The Morgan fingerprint density at radius 1 is 1.13 bits per heavy atom. The molecule has 8 heteroatoms. The summed E-state index contributed by atoms with van der Waals surface area (Å²) in [5.41, 5.74) is 4.70. The van der Waals surface area contributed by atoms with E-state index in [1.807, 2.05) is 0 Å². The largest absolute Gasteiger partial charge is 0.473 e. The fourth-order valence-corrected chi connectivity index (χ4v) is 4.21. The lowest BCUT2D eigenvalue weighted by Crippen LogP contribution is -2.36. The van der Waals surface area contributed by atoms with Gasteiger partial charge in [-0.15, -0.1) is 0 Å². The Kier molecular flexibility index (Phi) is 5.40. The molecule has 1 aliphatic carbocycles. The van der Waals surface area contributed by atoms with E-state index in [9.17, 15) is 0 Å². The molecule has 0 amide bonds. The molecular weight excluding hydrogens is 380 g/mol. The molecule has 30 heavy (non-hydrogen) atoms. The summed E-state index contributed by atoms with van der Waals surface area (Å²) in [6.45, 7) is 5.50. The minimum Gasteiger partial charge on any atom is -0.473 e. The Balaban J connectivity index is 1.38. The van der Waals surface area contributed by atoms with E-state index in [1.165, 1.54) is 24.9 Å². The average Bonchev–Trinajstić information content (AvgIpc) is 3.26. The second-order valence-electron chi connectivity index (χ2n) is 8.05. The average molecular weight is 409 g/mol. The maximum absolute atomic E-state index is 6.24. The zero-order chi connectivity index (χ0) is 20.3. The molecule has 2 aliphatic rings. The summed E-state index contributed by atoms with van der Waals surface area (Å²) < 4.78 is 11.7. The SMILES string of the molecule is Cc1cc(N2CCOCC2)ccc1Nc1nc(OC2CCCCC2)c2nc[nH]c2n1. The number of nitrogens with one attached hydrogen (secondary N) is 2. The van der Waals surface area contributed by atoms with Crippen LogP contribution in [0.15, 0.2) is 24.5 Å². The van der Waals surface area contributed by atoms with E-state index in [4.69, 9.17) is 9.47 Å². The third-order valence-corrected chi connectivity index (χ3v) is 5.91. The number of fused-ring (bicyclic) bond motifs is 1. The van der Waals surface area contributed by atoms with Crippen LogP contribution in [-0.2, 0) is 4.74 Å². The smallest absolute Gasteiger partial charge is 0.247 e. The van der Waals surface area contributed by atoms with Gasteiger partial charge in [0.25, 0.3) is 0 Å². The Morgan fingerprint density at radius 3 is 2.77 bits per heavy atom.